The second-order valence-electron chi connectivity index (χ2n) is 5.89. The number of nitrogens with one attached hydrogen (secondary N) is 1. The molecule has 0 bridgehead atoms. The third-order valence-electron chi connectivity index (χ3n) is 3.68. The van der Waals surface area contributed by atoms with Gasteiger partial charge in [-0.1, -0.05) is 29.3 Å². The van der Waals surface area contributed by atoms with E-state index in [9.17, 15) is 4.79 Å². The van der Waals surface area contributed by atoms with Gasteiger partial charge in [-0.3, -0.25) is 4.79 Å². The van der Waals surface area contributed by atoms with E-state index in [1.807, 2.05) is 44.0 Å². The zero-order valence-electron chi connectivity index (χ0n) is 14.6. The fourth-order valence-electron chi connectivity index (χ4n) is 2.25. The highest BCUT2D eigenvalue weighted by atomic mass is 79.9. The highest BCUT2D eigenvalue weighted by Gasteiger charge is 2.13. The number of aromatic nitrogens is 2. The predicted octanol–water partition coefficient (Wildman–Crippen LogP) is 4.34. The van der Waals surface area contributed by atoms with E-state index in [-0.39, 0.29) is 5.91 Å². The minimum absolute atomic E-state index is 0.229. The first-order chi connectivity index (χ1) is 11.4. The lowest BCUT2D eigenvalue weighted by atomic mass is 10.2. The number of rotatable bonds is 6. The maximum Gasteiger partial charge on any atom is 0.274 e. The summed E-state index contributed by atoms with van der Waals surface area (Å²) < 4.78 is 1.01. The van der Waals surface area contributed by atoms with Gasteiger partial charge in [-0.05, 0) is 50.1 Å². The molecule has 1 aromatic heterocycles. The first kappa shape index (κ1) is 18.4. The van der Waals surface area contributed by atoms with Crippen LogP contribution in [0.25, 0.3) is 0 Å². The molecule has 128 valence electrons. The molecule has 0 atom stereocenters. The molecular weight excluding hydrogens is 368 g/mol. The van der Waals surface area contributed by atoms with Crippen molar-refractivity contribution in [1.29, 1.82) is 0 Å². The topological polar surface area (TPSA) is 58.1 Å². The molecule has 1 aromatic carbocycles. The van der Waals surface area contributed by atoms with Crippen molar-refractivity contribution >= 4 is 33.5 Å². The van der Waals surface area contributed by atoms with Gasteiger partial charge in [0.15, 0.2) is 0 Å². The summed E-state index contributed by atoms with van der Waals surface area (Å²) in [6.07, 6.45) is 2.17. The zero-order valence-corrected chi connectivity index (χ0v) is 16.1. The van der Waals surface area contributed by atoms with Crippen molar-refractivity contribution in [1.82, 2.24) is 9.97 Å². The third-order valence-corrected chi connectivity index (χ3v) is 4.57. The minimum Gasteiger partial charge on any atom is -0.344 e. The van der Waals surface area contributed by atoms with Gasteiger partial charge in [-0.15, -0.1) is 0 Å². The molecule has 5 nitrogen and oxygen atoms in total. The predicted molar refractivity (Wildman–Crippen MR) is 102 cm³/mol. The van der Waals surface area contributed by atoms with Crippen molar-refractivity contribution in [3.63, 3.8) is 0 Å². The van der Waals surface area contributed by atoms with Crippen molar-refractivity contribution < 1.29 is 4.79 Å². The molecule has 0 fully saturated rings. The first-order valence-electron chi connectivity index (χ1n) is 8.05. The largest absolute Gasteiger partial charge is 0.344 e. The number of hydrogen-bond acceptors (Lipinski definition) is 4. The Labute approximate surface area is 151 Å². The number of aryl methyl sites for hydroxylation is 2. The van der Waals surface area contributed by atoms with Gasteiger partial charge in [-0.25, -0.2) is 9.97 Å². The lowest BCUT2D eigenvalue weighted by Gasteiger charge is -2.17. The standard InChI is InChI=1S/C18H23BrN4O/c1-5-6-9-23(4)18-20-13(3)11-16(22-18)17(24)21-14-7-8-15(19)12(2)10-14/h7-8,10-11H,5-6,9H2,1-4H3,(H,21,24). The van der Waals surface area contributed by atoms with Crippen molar-refractivity contribution in [3.8, 4) is 0 Å². The van der Waals surface area contributed by atoms with E-state index < -0.39 is 0 Å². The van der Waals surface area contributed by atoms with Crippen LogP contribution in [-0.4, -0.2) is 29.5 Å². The second kappa shape index (κ2) is 8.24. The lowest BCUT2D eigenvalue weighted by molar-refractivity contribution is 0.102. The van der Waals surface area contributed by atoms with Gasteiger partial charge in [0.05, 0.1) is 0 Å². The van der Waals surface area contributed by atoms with Crippen molar-refractivity contribution in [2.24, 2.45) is 0 Å². The molecule has 0 aliphatic carbocycles. The van der Waals surface area contributed by atoms with Gasteiger partial charge >= 0.3 is 0 Å². The average Bonchev–Trinajstić information content (AvgIpc) is 2.55. The van der Waals surface area contributed by atoms with Crippen LogP contribution in [0.15, 0.2) is 28.7 Å². The lowest BCUT2D eigenvalue weighted by Crippen LogP contribution is -2.23. The van der Waals surface area contributed by atoms with Gasteiger partial charge in [0.1, 0.15) is 5.69 Å². The highest BCUT2D eigenvalue weighted by Crippen LogP contribution is 2.20. The van der Waals surface area contributed by atoms with E-state index in [0.29, 0.717) is 11.6 Å². The molecule has 0 spiro atoms. The average molecular weight is 391 g/mol. The Hall–Kier alpha value is -1.95. The molecule has 2 aromatic rings. The third kappa shape index (κ3) is 4.77. The van der Waals surface area contributed by atoms with Crippen LogP contribution in [0.1, 0.15) is 41.5 Å². The Bertz CT molecular complexity index is 733. The number of amides is 1. The number of benzene rings is 1. The first-order valence-corrected chi connectivity index (χ1v) is 8.84. The molecule has 0 unspecified atom stereocenters. The maximum atomic E-state index is 12.5. The summed E-state index contributed by atoms with van der Waals surface area (Å²) in [5.41, 5.74) is 2.96. The van der Waals surface area contributed by atoms with Crippen LogP contribution in [0.2, 0.25) is 0 Å². The van der Waals surface area contributed by atoms with Crippen LogP contribution in [0, 0.1) is 13.8 Å². The Morgan fingerprint density at radius 1 is 1.25 bits per heavy atom. The summed E-state index contributed by atoms with van der Waals surface area (Å²) in [4.78, 5) is 23.3. The van der Waals surface area contributed by atoms with Crippen LogP contribution < -0.4 is 10.2 Å². The summed E-state index contributed by atoms with van der Waals surface area (Å²) in [7, 11) is 1.95. The van der Waals surface area contributed by atoms with E-state index >= 15 is 0 Å². The Morgan fingerprint density at radius 2 is 2.00 bits per heavy atom. The van der Waals surface area contributed by atoms with Gasteiger partial charge in [0.2, 0.25) is 5.95 Å². The van der Waals surface area contributed by atoms with Crippen LogP contribution in [-0.2, 0) is 0 Å². The number of halogens is 1. The summed E-state index contributed by atoms with van der Waals surface area (Å²) in [6, 6.07) is 7.40. The molecule has 2 rings (SSSR count). The normalized spacial score (nSPS) is 10.5. The van der Waals surface area contributed by atoms with Crippen LogP contribution in [0.3, 0.4) is 0 Å². The van der Waals surface area contributed by atoms with Crippen molar-refractivity contribution in [2.45, 2.75) is 33.6 Å². The molecule has 0 saturated heterocycles. The number of unbranched alkanes of at least 4 members (excludes halogenated alkanes) is 1. The second-order valence-corrected chi connectivity index (χ2v) is 6.74. The van der Waals surface area contributed by atoms with E-state index in [2.05, 4.69) is 38.1 Å². The Balaban J connectivity index is 2.19. The number of hydrogen-bond donors (Lipinski definition) is 1. The van der Waals surface area contributed by atoms with Crippen LogP contribution in [0.4, 0.5) is 11.6 Å². The number of carbonyl (C=O) groups is 1. The van der Waals surface area contributed by atoms with Crippen LogP contribution in [0.5, 0.6) is 0 Å². The van der Waals surface area contributed by atoms with Crippen LogP contribution >= 0.6 is 15.9 Å². The number of nitrogens with zero attached hydrogens (tertiary/aromatic N) is 3. The fraction of sp³-hybridized carbons (Fsp3) is 0.389. The monoisotopic (exact) mass is 390 g/mol. The molecule has 0 radical (unpaired) electrons. The van der Waals surface area contributed by atoms with E-state index in [1.165, 1.54) is 0 Å². The van der Waals surface area contributed by atoms with Gasteiger partial charge < -0.3 is 10.2 Å². The molecule has 24 heavy (non-hydrogen) atoms. The smallest absolute Gasteiger partial charge is 0.274 e. The quantitative estimate of drug-likeness (QED) is 0.796. The molecule has 1 amide bonds. The summed E-state index contributed by atoms with van der Waals surface area (Å²) >= 11 is 3.46. The minimum atomic E-state index is -0.229. The van der Waals surface area contributed by atoms with E-state index in [0.717, 1.165) is 40.8 Å². The molecular formula is C18H23BrN4O. The summed E-state index contributed by atoms with van der Waals surface area (Å²) in [6.45, 7) is 6.87. The van der Waals surface area contributed by atoms with E-state index in [1.54, 1.807) is 6.07 Å². The van der Waals surface area contributed by atoms with Gasteiger partial charge in [0, 0.05) is 29.4 Å². The Morgan fingerprint density at radius 3 is 2.67 bits per heavy atom. The van der Waals surface area contributed by atoms with Gasteiger partial charge in [-0.2, -0.15) is 0 Å². The molecule has 0 aliphatic rings. The molecule has 0 saturated carbocycles. The van der Waals surface area contributed by atoms with Gasteiger partial charge in [0.25, 0.3) is 5.91 Å². The van der Waals surface area contributed by atoms with Crippen molar-refractivity contribution in [2.75, 3.05) is 23.8 Å². The highest BCUT2D eigenvalue weighted by molar-refractivity contribution is 9.10. The summed E-state index contributed by atoms with van der Waals surface area (Å²) in [5.74, 6) is 0.355. The van der Waals surface area contributed by atoms with Crippen molar-refractivity contribution in [3.05, 3.63) is 45.7 Å². The Kier molecular flexibility index (Phi) is 6.31. The molecule has 6 heteroatoms. The number of carbonyl (C=O) groups excluding carboxylic acids is 1. The number of anilines is 2. The molecule has 0 aliphatic heterocycles. The SMILES string of the molecule is CCCCN(C)c1nc(C)cc(C(=O)Nc2ccc(Br)c(C)c2)n1. The van der Waals surface area contributed by atoms with E-state index in [4.69, 9.17) is 0 Å². The zero-order chi connectivity index (χ0) is 17.7. The molecule has 1 N–H and O–H groups in total. The summed E-state index contributed by atoms with van der Waals surface area (Å²) in [5, 5.41) is 2.89. The molecule has 1 heterocycles. The fourth-order valence-corrected chi connectivity index (χ4v) is 2.50. The maximum absolute atomic E-state index is 12.5.